The van der Waals surface area contributed by atoms with Gasteiger partial charge in [0, 0.05) is 30.3 Å². The molecule has 1 aliphatic heterocycles. The molecule has 0 saturated carbocycles. The molecule has 136 valence electrons. The summed E-state index contributed by atoms with van der Waals surface area (Å²) in [4.78, 5) is 28.9. The van der Waals surface area contributed by atoms with Crippen molar-refractivity contribution in [1.29, 1.82) is 0 Å². The molecule has 26 heavy (non-hydrogen) atoms. The van der Waals surface area contributed by atoms with Crippen LogP contribution in [-0.2, 0) is 16.0 Å². The van der Waals surface area contributed by atoms with Crippen molar-refractivity contribution in [3.05, 3.63) is 46.7 Å². The first kappa shape index (κ1) is 18.1. The fraction of sp³-hybridized carbons (Fsp3) is 0.294. The molecule has 0 atom stereocenters. The molecule has 1 aliphatic rings. The van der Waals surface area contributed by atoms with Crippen molar-refractivity contribution in [2.75, 3.05) is 18.5 Å². The van der Waals surface area contributed by atoms with Gasteiger partial charge in [0.1, 0.15) is 18.2 Å². The largest absolute Gasteiger partial charge is 0.297 e. The van der Waals surface area contributed by atoms with Crippen LogP contribution in [0.25, 0.3) is 0 Å². The van der Waals surface area contributed by atoms with E-state index in [4.69, 9.17) is 0 Å². The van der Waals surface area contributed by atoms with Gasteiger partial charge in [-0.1, -0.05) is 12.1 Å². The number of carbonyl (C=O) groups is 2. The minimum Gasteiger partial charge on any atom is -0.297 e. The predicted octanol–water partition coefficient (Wildman–Crippen LogP) is 2.76. The number of benzene rings is 1. The number of rotatable bonds is 6. The summed E-state index contributed by atoms with van der Waals surface area (Å²) in [6.45, 7) is -0.884. The van der Waals surface area contributed by atoms with Gasteiger partial charge in [0.15, 0.2) is 5.13 Å². The number of thiazole rings is 1. The van der Waals surface area contributed by atoms with E-state index in [9.17, 15) is 18.4 Å². The lowest BCUT2D eigenvalue weighted by molar-refractivity contribution is -0.132. The topological polar surface area (TPSA) is 74.7 Å². The molecule has 0 spiro atoms. The van der Waals surface area contributed by atoms with Crippen molar-refractivity contribution < 1.29 is 18.4 Å². The number of carbonyl (C=O) groups excluding carboxylic acids is 2. The molecule has 3 rings (SSSR count). The van der Waals surface area contributed by atoms with Gasteiger partial charge >= 0.3 is 0 Å². The van der Waals surface area contributed by atoms with Crippen LogP contribution in [-0.4, -0.2) is 40.7 Å². The molecule has 1 N–H and O–H groups in total. The van der Waals surface area contributed by atoms with E-state index in [2.05, 4.69) is 15.4 Å². The first-order valence-corrected chi connectivity index (χ1v) is 8.81. The van der Waals surface area contributed by atoms with E-state index in [1.54, 1.807) is 12.3 Å². The third kappa shape index (κ3) is 4.48. The van der Waals surface area contributed by atoms with Crippen molar-refractivity contribution >= 4 is 34.0 Å². The van der Waals surface area contributed by atoms with Gasteiger partial charge < -0.3 is 0 Å². The van der Waals surface area contributed by atoms with E-state index in [-0.39, 0.29) is 36.8 Å². The second-order valence-electron chi connectivity index (χ2n) is 5.65. The number of amides is 2. The van der Waals surface area contributed by atoms with Gasteiger partial charge in [0.2, 0.25) is 5.91 Å². The summed E-state index contributed by atoms with van der Waals surface area (Å²) in [6.07, 6.45) is 2.45. The quantitative estimate of drug-likeness (QED) is 0.840. The molecular formula is C17H16F2N4O2S. The molecule has 2 aromatic rings. The van der Waals surface area contributed by atoms with Crippen molar-refractivity contribution in [3.8, 4) is 0 Å². The highest BCUT2D eigenvalue weighted by atomic mass is 32.1. The fourth-order valence-corrected chi connectivity index (χ4v) is 3.33. The van der Waals surface area contributed by atoms with Crippen LogP contribution in [0.2, 0.25) is 0 Å². The lowest BCUT2D eigenvalue weighted by Crippen LogP contribution is -2.37. The van der Waals surface area contributed by atoms with Crippen LogP contribution in [0, 0.1) is 5.82 Å². The smallest absolute Gasteiger partial charge is 0.273 e. The molecule has 0 aliphatic carbocycles. The Balaban J connectivity index is 1.64. The van der Waals surface area contributed by atoms with Crippen molar-refractivity contribution in [2.24, 2.45) is 5.10 Å². The second-order valence-corrected chi connectivity index (χ2v) is 6.76. The van der Waals surface area contributed by atoms with E-state index < -0.39 is 12.6 Å². The monoisotopic (exact) mass is 378 g/mol. The number of hydrogen-bond donors (Lipinski definition) is 1. The molecule has 9 heteroatoms. The predicted molar refractivity (Wildman–Crippen MR) is 94.3 cm³/mol. The molecule has 2 heterocycles. The van der Waals surface area contributed by atoms with Gasteiger partial charge in [-0.2, -0.15) is 5.10 Å². The highest BCUT2D eigenvalue weighted by molar-refractivity contribution is 7.15. The van der Waals surface area contributed by atoms with Crippen LogP contribution in [0.5, 0.6) is 0 Å². The summed E-state index contributed by atoms with van der Waals surface area (Å²) in [5.74, 6) is -1.07. The highest BCUT2D eigenvalue weighted by Gasteiger charge is 2.24. The molecule has 0 saturated heterocycles. The average Bonchev–Trinajstić information content (AvgIpc) is 3.04. The number of nitrogens with one attached hydrogen (secondary N) is 1. The second kappa shape index (κ2) is 8.13. The highest BCUT2D eigenvalue weighted by Crippen LogP contribution is 2.22. The third-order valence-corrected chi connectivity index (χ3v) is 4.62. The van der Waals surface area contributed by atoms with Crippen LogP contribution >= 0.6 is 11.3 Å². The van der Waals surface area contributed by atoms with Gasteiger partial charge in [-0.25, -0.2) is 18.8 Å². The molecular weight excluding hydrogens is 362 g/mol. The summed E-state index contributed by atoms with van der Waals surface area (Å²) in [5.41, 5.74) is 0.975. The lowest BCUT2D eigenvalue weighted by Gasteiger charge is -2.21. The molecule has 0 bridgehead atoms. The van der Waals surface area contributed by atoms with Crippen LogP contribution in [0.15, 0.2) is 35.6 Å². The number of aromatic nitrogens is 1. The average molecular weight is 378 g/mol. The summed E-state index contributed by atoms with van der Waals surface area (Å²) in [6, 6.07) is 6.28. The standard InChI is InChI=1S/C17H16F2N4O2S/c18-6-7-23-15(24)5-4-14(22-23)16(25)21-17-20-10-13(26-17)9-11-2-1-3-12(19)8-11/h1-3,8,10H,4-7,9H2,(H,20,21,25). The number of nitrogens with zero attached hydrogens (tertiary/aromatic N) is 3. The Kier molecular flexibility index (Phi) is 5.67. The van der Waals surface area contributed by atoms with Crippen LogP contribution in [0.4, 0.5) is 13.9 Å². The van der Waals surface area contributed by atoms with Crippen molar-refractivity contribution in [1.82, 2.24) is 9.99 Å². The summed E-state index contributed by atoms with van der Waals surface area (Å²) < 4.78 is 25.7. The van der Waals surface area contributed by atoms with E-state index in [1.165, 1.54) is 23.5 Å². The zero-order valence-corrected chi connectivity index (χ0v) is 14.6. The SMILES string of the molecule is O=C(Nc1ncc(Cc2cccc(F)c2)s1)C1=NN(CCF)C(=O)CC1. The van der Waals surface area contributed by atoms with E-state index in [1.807, 2.05) is 6.07 Å². The maximum Gasteiger partial charge on any atom is 0.273 e. The van der Waals surface area contributed by atoms with E-state index in [0.29, 0.717) is 11.6 Å². The third-order valence-electron chi connectivity index (χ3n) is 3.70. The van der Waals surface area contributed by atoms with E-state index in [0.717, 1.165) is 15.4 Å². The maximum absolute atomic E-state index is 13.2. The molecule has 0 radical (unpaired) electrons. The van der Waals surface area contributed by atoms with Gasteiger partial charge in [-0.15, -0.1) is 11.3 Å². The summed E-state index contributed by atoms with van der Waals surface area (Å²) >= 11 is 1.28. The number of halogens is 2. The number of anilines is 1. The molecule has 1 aromatic carbocycles. The molecule has 2 amide bonds. The maximum atomic E-state index is 13.2. The fourth-order valence-electron chi connectivity index (χ4n) is 2.48. The Bertz CT molecular complexity index is 853. The molecule has 6 nitrogen and oxygen atoms in total. The Morgan fingerprint density at radius 1 is 1.35 bits per heavy atom. The molecule has 0 unspecified atom stereocenters. The lowest BCUT2D eigenvalue weighted by atomic mass is 10.1. The van der Waals surface area contributed by atoms with Crippen molar-refractivity contribution in [2.45, 2.75) is 19.3 Å². The van der Waals surface area contributed by atoms with Gasteiger partial charge in [0.05, 0.1) is 6.54 Å². The zero-order valence-electron chi connectivity index (χ0n) is 13.7. The normalized spacial score (nSPS) is 14.3. The van der Waals surface area contributed by atoms with E-state index >= 15 is 0 Å². The zero-order chi connectivity index (χ0) is 18.5. The van der Waals surface area contributed by atoms with Gasteiger partial charge in [-0.3, -0.25) is 14.9 Å². The number of alkyl halides is 1. The summed E-state index contributed by atoms with van der Waals surface area (Å²) in [5, 5.41) is 7.92. The minimum atomic E-state index is -0.722. The first-order chi connectivity index (χ1) is 12.5. The van der Waals surface area contributed by atoms with Crippen LogP contribution < -0.4 is 5.32 Å². The Labute approximate surface area is 152 Å². The Morgan fingerprint density at radius 2 is 2.19 bits per heavy atom. The first-order valence-electron chi connectivity index (χ1n) is 7.99. The number of hydrogen-bond acceptors (Lipinski definition) is 5. The van der Waals surface area contributed by atoms with Crippen LogP contribution in [0.1, 0.15) is 23.3 Å². The minimum absolute atomic E-state index is 0.120. The Morgan fingerprint density at radius 3 is 2.96 bits per heavy atom. The molecule has 0 fully saturated rings. The number of hydrazone groups is 1. The summed E-state index contributed by atoms with van der Waals surface area (Å²) in [7, 11) is 0. The Hall–Kier alpha value is -2.68. The van der Waals surface area contributed by atoms with Crippen molar-refractivity contribution in [3.63, 3.8) is 0 Å². The van der Waals surface area contributed by atoms with Gasteiger partial charge in [-0.05, 0) is 17.7 Å². The van der Waals surface area contributed by atoms with Gasteiger partial charge in [0.25, 0.3) is 5.91 Å². The van der Waals surface area contributed by atoms with Crippen LogP contribution in [0.3, 0.4) is 0 Å². The molecule has 1 aromatic heterocycles.